The normalized spacial score (nSPS) is 21.3. The summed E-state index contributed by atoms with van der Waals surface area (Å²) in [6, 6.07) is 8.41. The van der Waals surface area contributed by atoms with E-state index in [4.69, 9.17) is 0 Å². The molecule has 1 heterocycles. The van der Waals surface area contributed by atoms with Gasteiger partial charge >= 0.3 is 0 Å². The lowest BCUT2D eigenvalue weighted by Gasteiger charge is -2.26. The average Bonchev–Trinajstić information content (AvgIpc) is 2.90. The molecule has 0 aliphatic carbocycles. The number of carbonyl (C=O) groups excluding carboxylic acids is 1. The van der Waals surface area contributed by atoms with Crippen molar-refractivity contribution >= 4 is 11.6 Å². The quantitative estimate of drug-likeness (QED) is 0.901. The number of anilines is 1. The number of amides is 1. The molecule has 1 aromatic carbocycles. The van der Waals surface area contributed by atoms with Gasteiger partial charge in [0, 0.05) is 32.9 Å². The Kier molecular flexibility index (Phi) is 5.23. The first-order valence-corrected chi connectivity index (χ1v) is 7.81. The highest BCUT2D eigenvalue weighted by molar-refractivity contribution is 5.82. The molecule has 2 rings (SSSR count). The van der Waals surface area contributed by atoms with E-state index in [9.17, 15) is 4.79 Å². The van der Waals surface area contributed by atoms with Crippen LogP contribution < -0.4 is 10.2 Å². The highest BCUT2D eigenvalue weighted by atomic mass is 16.2. The van der Waals surface area contributed by atoms with E-state index in [-0.39, 0.29) is 11.9 Å². The molecule has 0 spiro atoms. The molecule has 0 aromatic heterocycles. The van der Waals surface area contributed by atoms with E-state index in [2.05, 4.69) is 41.4 Å². The van der Waals surface area contributed by atoms with Crippen molar-refractivity contribution < 1.29 is 4.79 Å². The fourth-order valence-electron chi connectivity index (χ4n) is 2.83. The minimum Gasteiger partial charge on any atom is -0.378 e. The number of benzene rings is 1. The van der Waals surface area contributed by atoms with Crippen molar-refractivity contribution in [2.24, 2.45) is 5.92 Å². The van der Waals surface area contributed by atoms with Crippen LogP contribution in [0.2, 0.25) is 0 Å². The van der Waals surface area contributed by atoms with E-state index in [1.165, 1.54) is 11.3 Å². The first-order valence-electron chi connectivity index (χ1n) is 7.81. The van der Waals surface area contributed by atoms with E-state index in [1.54, 1.807) is 0 Å². The van der Waals surface area contributed by atoms with Crippen LogP contribution in [0.1, 0.15) is 25.8 Å². The van der Waals surface area contributed by atoms with Crippen LogP contribution in [0.25, 0.3) is 0 Å². The summed E-state index contributed by atoms with van der Waals surface area (Å²) < 4.78 is 0. The van der Waals surface area contributed by atoms with Gasteiger partial charge in [0.1, 0.15) is 0 Å². The SMILES string of the molecule is CCN(Cc1ccc(N(C)C)cc1)C(=O)C1NCCC1C. The van der Waals surface area contributed by atoms with Crippen molar-refractivity contribution in [3.63, 3.8) is 0 Å². The van der Waals surface area contributed by atoms with Crippen molar-refractivity contribution in [2.45, 2.75) is 32.9 Å². The van der Waals surface area contributed by atoms with Gasteiger partial charge in [0.15, 0.2) is 0 Å². The average molecular weight is 289 g/mol. The molecular weight excluding hydrogens is 262 g/mol. The molecule has 4 nitrogen and oxygen atoms in total. The minimum atomic E-state index is -0.00833. The molecule has 1 fully saturated rings. The van der Waals surface area contributed by atoms with Crippen LogP contribution in [0.15, 0.2) is 24.3 Å². The van der Waals surface area contributed by atoms with Crippen LogP contribution in [-0.2, 0) is 11.3 Å². The predicted octanol–water partition coefficient (Wildman–Crippen LogP) is 2.10. The Labute approximate surface area is 128 Å². The summed E-state index contributed by atoms with van der Waals surface area (Å²) in [5.41, 5.74) is 2.36. The maximum absolute atomic E-state index is 12.6. The number of nitrogens with zero attached hydrogens (tertiary/aromatic N) is 2. The number of carbonyl (C=O) groups is 1. The lowest BCUT2D eigenvalue weighted by atomic mass is 10.0. The van der Waals surface area contributed by atoms with Gasteiger partial charge < -0.3 is 15.1 Å². The highest BCUT2D eigenvalue weighted by Crippen LogP contribution is 2.19. The van der Waals surface area contributed by atoms with Crippen molar-refractivity contribution in [1.29, 1.82) is 0 Å². The van der Waals surface area contributed by atoms with Crippen molar-refractivity contribution in [3.05, 3.63) is 29.8 Å². The summed E-state index contributed by atoms with van der Waals surface area (Å²) >= 11 is 0. The van der Waals surface area contributed by atoms with Gasteiger partial charge in [-0.1, -0.05) is 19.1 Å². The van der Waals surface area contributed by atoms with Crippen molar-refractivity contribution in [2.75, 3.05) is 32.1 Å². The summed E-state index contributed by atoms with van der Waals surface area (Å²) in [4.78, 5) is 16.7. The Morgan fingerprint density at radius 1 is 1.29 bits per heavy atom. The van der Waals surface area contributed by atoms with Gasteiger partial charge in [-0.3, -0.25) is 4.79 Å². The van der Waals surface area contributed by atoms with E-state index in [1.807, 2.05) is 25.9 Å². The second-order valence-electron chi connectivity index (χ2n) is 6.11. The maximum atomic E-state index is 12.6. The van der Waals surface area contributed by atoms with Crippen LogP contribution in [0.4, 0.5) is 5.69 Å². The molecule has 1 saturated heterocycles. The molecule has 2 unspecified atom stereocenters. The molecule has 4 heteroatoms. The third kappa shape index (κ3) is 3.76. The zero-order chi connectivity index (χ0) is 15.4. The molecule has 1 N–H and O–H groups in total. The highest BCUT2D eigenvalue weighted by Gasteiger charge is 2.31. The van der Waals surface area contributed by atoms with Crippen LogP contribution in [0.5, 0.6) is 0 Å². The zero-order valence-electron chi connectivity index (χ0n) is 13.6. The van der Waals surface area contributed by atoms with E-state index in [0.717, 1.165) is 19.5 Å². The van der Waals surface area contributed by atoms with Gasteiger partial charge in [0.2, 0.25) is 5.91 Å². The molecule has 2 atom stereocenters. The first kappa shape index (κ1) is 15.8. The maximum Gasteiger partial charge on any atom is 0.240 e. The Hall–Kier alpha value is -1.55. The summed E-state index contributed by atoms with van der Waals surface area (Å²) in [5.74, 6) is 0.668. The van der Waals surface area contributed by atoms with Gasteiger partial charge in [-0.05, 0) is 43.5 Å². The molecule has 0 saturated carbocycles. The van der Waals surface area contributed by atoms with Gasteiger partial charge in [-0.25, -0.2) is 0 Å². The van der Waals surface area contributed by atoms with Gasteiger partial charge in [0.25, 0.3) is 0 Å². The monoisotopic (exact) mass is 289 g/mol. The topological polar surface area (TPSA) is 35.6 Å². The number of hydrogen-bond donors (Lipinski definition) is 1. The molecule has 0 radical (unpaired) electrons. The van der Waals surface area contributed by atoms with Crippen LogP contribution >= 0.6 is 0 Å². The van der Waals surface area contributed by atoms with E-state index in [0.29, 0.717) is 12.5 Å². The van der Waals surface area contributed by atoms with Gasteiger partial charge in [-0.2, -0.15) is 0 Å². The van der Waals surface area contributed by atoms with Crippen molar-refractivity contribution in [1.82, 2.24) is 10.2 Å². The Morgan fingerprint density at radius 3 is 2.43 bits per heavy atom. The molecule has 0 bridgehead atoms. The Bertz CT molecular complexity index is 469. The lowest BCUT2D eigenvalue weighted by Crippen LogP contribution is -2.45. The third-order valence-corrected chi connectivity index (χ3v) is 4.32. The largest absolute Gasteiger partial charge is 0.378 e. The first-order chi connectivity index (χ1) is 10.0. The smallest absolute Gasteiger partial charge is 0.240 e. The zero-order valence-corrected chi connectivity index (χ0v) is 13.6. The number of likely N-dealkylation sites (N-methyl/N-ethyl adjacent to an activating group) is 1. The van der Waals surface area contributed by atoms with Gasteiger partial charge in [0.05, 0.1) is 6.04 Å². The van der Waals surface area contributed by atoms with E-state index < -0.39 is 0 Å². The lowest BCUT2D eigenvalue weighted by molar-refractivity contribution is -0.134. The number of rotatable bonds is 5. The number of hydrogen-bond acceptors (Lipinski definition) is 3. The second-order valence-corrected chi connectivity index (χ2v) is 6.11. The fourth-order valence-corrected chi connectivity index (χ4v) is 2.83. The van der Waals surface area contributed by atoms with Gasteiger partial charge in [-0.15, -0.1) is 0 Å². The summed E-state index contributed by atoms with van der Waals surface area (Å²) in [6.45, 7) is 6.59. The fraction of sp³-hybridized carbons (Fsp3) is 0.588. The third-order valence-electron chi connectivity index (χ3n) is 4.32. The molecule has 1 aliphatic heterocycles. The van der Waals surface area contributed by atoms with Crippen LogP contribution in [0, 0.1) is 5.92 Å². The molecule has 116 valence electrons. The molecule has 21 heavy (non-hydrogen) atoms. The summed E-state index contributed by atoms with van der Waals surface area (Å²) in [7, 11) is 4.06. The molecule has 1 amide bonds. The molecule has 1 aliphatic rings. The number of nitrogens with one attached hydrogen (secondary N) is 1. The van der Waals surface area contributed by atoms with Crippen LogP contribution in [0.3, 0.4) is 0 Å². The summed E-state index contributed by atoms with van der Waals surface area (Å²) in [6.07, 6.45) is 1.09. The molecule has 1 aromatic rings. The van der Waals surface area contributed by atoms with Crippen molar-refractivity contribution in [3.8, 4) is 0 Å². The predicted molar refractivity (Wildman–Crippen MR) is 87.4 cm³/mol. The summed E-state index contributed by atoms with van der Waals surface area (Å²) in [5, 5.41) is 3.33. The molecular formula is C17H27N3O. The standard InChI is InChI=1S/C17H27N3O/c1-5-20(17(21)16-13(2)10-11-18-16)12-14-6-8-15(9-7-14)19(3)4/h6-9,13,16,18H,5,10-12H2,1-4H3. The van der Waals surface area contributed by atoms with E-state index >= 15 is 0 Å². The Morgan fingerprint density at radius 2 is 1.95 bits per heavy atom. The second kappa shape index (κ2) is 6.94. The van der Waals surface area contributed by atoms with Crippen LogP contribution in [-0.4, -0.2) is 44.0 Å². The minimum absolute atomic E-state index is 0.00833. The Balaban J connectivity index is 2.03.